The van der Waals surface area contributed by atoms with Gasteiger partial charge in [0.2, 0.25) is 0 Å². The maximum absolute atomic E-state index is 12.3. The number of nitrogens with zero attached hydrogens (tertiary/aromatic N) is 2. The highest BCUT2D eigenvalue weighted by atomic mass is 16.4. The van der Waals surface area contributed by atoms with Crippen LogP contribution < -0.4 is 5.32 Å². The lowest BCUT2D eigenvalue weighted by Crippen LogP contribution is -2.41. The quantitative estimate of drug-likeness (QED) is 0.858. The van der Waals surface area contributed by atoms with Crippen molar-refractivity contribution in [3.8, 4) is 0 Å². The van der Waals surface area contributed by atoms with E-state index in [1.807, 2.05) is 0 Å². The molecule has 2 rings (SSSR count). The van der Waals surface area contributed by atoms with Gasteiger partial charge in [-0.15, -0.1) is 0 Å². The Bertz CT molecular complexity index is 484. The first-order chi connectivity index (χ1) is 9.58. The van der Waals surface area contributed by atoms with Crippen LogP contribution in [0.2, 0.25) is 0 Å². The van der Waals surface area contributed by atoms with Gasteiger partial charge < -0.3 is 10.4 Å². The number of aromatic nitrogens is 2. The number of carboxylic acid groups (broad SMARTS) is 1. The molecule has 110 valence electrons. The van der Waals surface area contributed by atoms with E-state index in [9.17, 15) is 9.59 Å². The third-order valence-corrected chi connectivity index (χ3v) is 3.91. The largest absolute Gasteiger partial charge is 0.481 e. The van der Waals surface area contributed by atoms with Gasteiger partial charge in [-0.1, -0.05) is 19.8 Å². The summed E-state index contributed by atoms with van der Waals surface area (Å²) in [7, 11) is 0. The number of carboxylic acids is 1. The smallest absolute Gasteiger partial charge is 0.305 e. The zero-order chi connectivity index (χ0) is 14.5. The lowest BCUT2D eigenvalue weighted by atomic mass is 9.86. The van der Waals surface area contributed by atoms with Crippen LogP contribution >= 0.6 is 0 Å². The summed E-state index contributed by atoms with van der Waals surface area (Å²) in [5, 5.41) is 15.8. The summed E-state index contributed by atoms with van der Waals surface area (Å²) in [5.74, 6) is -0.567. The van der Waals surface area contributed by atoms with E-state index in [0.717, 1.165) is 19.3 Å². The number of nitrogens with one attached hydrogen (secondary N) is 1. The molecule has 2 atom stereocenters. The number of rotatable bonds is 5. The van der Waals surface area contributed by atoms with Crippen molar-refractivity contribution in [2.45, 2.75) is 51.6 Å². The van der Waals surface area contributed by atoms with Gasteiger partial charge in [0.15, 0.2) is 0 Å². The fourth-order valence-corrected chi connectivity index (χ4v) is 2.68. The zero-order valence-electron chi connectivity index (χ0n) is 11.7. The Morgan fingerprint density at radius 3 is 2.90 bits per heavy atom. The van der Waals surface area contributed by atoms with Gasteiger partial charge in [0, 0.05) is 12.2 Å². The van der Waals surface area contributed by atoms with Crippen LogP contribution in [0.3, 0.4) is 0 Å². The Hall–Kier alpha value is -1.85. The highest BCUT2D eigenvalue weighted by Gasteiger charge is 2.24. The molecule has 1 fully saturated rings. The van der Waals surface area contributed by atoms with Gasteiger partial charge in [-0.05, 0) is 24.8 Å². The molecule has 1 aromatic heterocycles. The van der Waals surface area contributed by atoms with Gasteiger partial charge in [-0.25, -0.2) is 0 Å². The summed E-state index contributed by atoms with van der Waals surface area (Å²) < 4.78 is 1.46. The first kappa shape index (κ1) is 14.6. The predicted molar refractivity (Wildman–Crippen MR) is 73.4 cm³/mol. The minimum absolute atomic E-state index is 0.0399. The van der Waals surface area contributed by atoms with Crippen LogP contribution in [-0.2, 0) is 11.3 Å². The van der Waals surface area contributed by atoms with Crippen LogP contribution in [0.1, 0.15) is 49.5 Å². The summed E-state index contributed by atoms with van der Waals surface area (Å²) in [5.41, 5.74) is 0.434. The summed E-state index contributed by atoms with van der Waals surface area (Å²) in [6.07, 6.45) is 6.01. The van der Waals surface area contributed by atoms with Crippen molar-refractivity contribution in [2.24, 2.45) is 5.92 Å². The molecule has 6 nitrogen and oxygen atoms in total. The third kappa shape index (κ3) is 3.59. The Kier molecular flexibility index (Phi) is 4.76. The topological polar surface area (TPSA) is 84.2 Å². The molecule has 0 bridgehead atoms. The van der Waals surface area contributed by atoms with Gasteiger partial charge in [0.1, 0.15) is 5.69 Å². The van der Waals surface area contributed by atoms with Crippen molar-refractivity contribution >= 4 is 11.9 Å². The Labute approximate surface area is 118 Å². The Balaban J connectivity index is 1.98. The molecule has 1 amide bonds. The fourth-order valence-electron chi connectivity index (χ4n) is 2.68. The summed E-state index contributed by atoms with van der Waals surface area (Å²) in [6.45, 7) is 2.37. The normalized spacial score (nSPS) is 22.4. The SMILES string of the molecule is CC1CCCCC1NC(=O)c1ccnn1CCC(=O)O. The first-order valence-corrected chi connectivity index (χ1v) is 7.12. The molecule has 20 heavy (non-hydrogen) atoms. The minimum Gasteiger partial charge on any atom is -0.481 e. The van der Waals surface area contributed by atoms with E-state index in [2.05, 4.69) is 17.3 Å². The zero-order valence-corrected chi connectivity index (χ0v) is 11.7. The number of amides is 1. The maximum atomic E-state index is 12.3. The van der Waals surface area contributed by atoms with E-state index in [1.54, 1.807) is 6.07 Å². The van der Waals surface area contributed by atoms with Crippen molar-refractivity contribution in [3.63, 3.8) is 0 Å². The Morgan fingerprint density at radius 2 is 2.20 bits per heavy atom. The van der Waals surface area contributed by atoms with E-state index in [0.29, 0.717) is 11.6 Å². The van der Waals surface area contributed by atoms with E-state index in [1.165, 1.54) is 17.3 Å². The molecule has 1 aliphatic rings. The van der Waals surface area contributed by atoms with Crippen molar-refractivity contribution in [2.75, 3.05) is 0 Å². The fraction of sp³-hybridized carbons (Fsp3) is 0.643. The van der Waals surface area contributed by atoms with Gasteiger partial charge in [-0.3, -0.25) is 14.3 Å². The van der Waals surface area contributed by atoms with Crippen LogP contribution in [0.15, 0.2) is 12.3 Å². The van der Waals surface area contributed by atoms with Gasteiger partial charge in [0.05, 0.1) is 13.0 Å². The van der Waals surface area contributed by atoms with E-state index in [4.69, 9.17) is 5.11 Å². The average Bonchev–Trinajstić information content (AvgIpc) is 2.87. The van der Waals surface area contributed by atoms with Crippen LogP contribution in [0, 0.1) is 5.92 Å². The van der Waals surface area contributed by atoms with Crippen LogP contribution in [0.25, 0.3) is 0 Å². The number of carbonyl (C=O) groups is 2. The van der Waals surface area contributed by atoms with Gasteiger partial charge >= 0.3 is 5.97 Å². The first-order valence-electron chi connectivity index (χ1n) is 7.12. The van der Waals surface area contributed by atoms with E-state index < -0.39 is 5.97 Å². The average molecular weight is 279 g/mol. The molecular weight excluding hydrogens is 258 g/mol. The third-order valence-electron chi connectivity index (χ3n) is 3.91. The molecule has 1 heterocycles. The lowest BCUT2D eigenvalue weighted by molar-refractivity contribution is -0.137. The van der Waals surface area contributed by atoms with Crippen LogP contribution in [0.5, 0.6) is 0 Å². The molecule has 0 spiro atoms. The number of hydrogen-bond acceptors (Lipinski definition) is 3. The molecule has 1 aliphatic carbocycles. The second-order valence-corrected chi connectivity index (χ2v) is 5.43. The molecule has 2 N–H and O–H groups in total. The summed E-state index contributed by atoms with van der Waals surface area (Å²) in [4.78, 5) is 22.9. The Morgan fingerprint density at radius 1 is 1.45 bits per heavy atom. The van der Waals surface area contributed by atoms with E-state index >= 15 is 0 Å². The molecule has 0 radical (unpaired) electrons. The summed E-state index contributed by atoms with van der Waals surface area (Å²) >= 11 is 0. The number of carbonyl (C=O) groups excluding carboxylic acids is 1. The molecule has 2 unspecified atom stereocenters. The van der Waals surface area contributed by atoms with Crippen molar-refractivity contribution < 1.29 is 14.7 Å². The monoisotopic (exact) mass is 279 g/mol. The van der Waals surface area contributed by atoms with Crippen molar-refractivity contribution in [1.29, 1.82) is 0 Å². The number of hydrogen-bond donors (Lipinski definition) is 2. The molecule has 1 saturated carbocycles. The van der Waals surface area contributed by atoms with Crippen molar-refractivity contribution in [1.82, 2.24) is 15.1 Å². The van der Waals surface area contributed by atoms with Gasteiger partial charge in [0.25, 0.3) is 5.91 Å². The second kappa shape index (κ2) is 6.54. The van der Waals surface area contributed by atoms with Crippen LogP contribution in [-0.4, -0.2) is 32.8 Å². The van der Waals surface area contributed by atoms with Crippen molar-refractivity contribution in [3.05, 3.63) is 18.0 Å². The molecule has 0 aliphatic heterocycles. The molecular formula is C14H21N3O3. The van der Waals surface area contributed by atoms with E-state index in [-0.39, 0.29) is 24.9 Å². The molecule has 1 aromatic rings. The van der Waals surface area contributed by atoms with Gasteiger partial charge in [-0.2, -0.15) is 5.10 Å². The molecule has 6 heteroatoms. The highest BCUT2D eigenvalue weighted by molar-refractivity contribution is 5.92. The number of aryl methyl sites for hydroxylation is 1. The minimum atomic E-state index is -0.896. The standard InChI is InChI=1S/C14H21N3O3/c1-10-4-2-3-5-11(10)16-14(20)12-6-8-15-17(12)9-7-13(18)19/h6,8,10-11H,2-5,7,9H2,1H3,(H,16,20)(H,18,19). The summed E-state index contributed by atoms with van der Waals surface area (Å²) in [6, 6.07) is 1.84. The van der Waals surface area contributed by atoms with Crippen LogP contribution in [0.4, 0.5) is 0 Å². The second-order valence-electron chi connectivity index (χ2n) is 5.43. The number of aliphatic carboxylic acids is 1. The lowest BCUT2D eigenvalue weighted by Gasteiger charge is -2.29. The predicted octanol–water partition coefficient (Wildman–Crippen LogP) is 1.67. The maximum Gasteiger partial charge on any atom is 0.305 e. The molecule has 0 saturated heterocycles. The highest BCUT2D eigenvalue weighted by Crippen LogP contribution is 2.23. The molecule has 0 aromatic carbocycles.